The molecule has 0 N–H and O–H groups in total. The van der Waals surface area contributed by atoms with E-state index in [4.69, 9.17) is 21.1 Å². The summed E-state index contributed by atoms with van der Waals surface area (Å²) in [5.41, 5.74) is 1.58. The summed E-state index contributed by atoms with van der Waals surface area (Å²) in [5.74, 6) is 1.48. The van der Waals surface area contributed by atoms with Gasteiger partial charge in [0.25, 0.3) is 5.91 Å². The Labute approximate surface area is 151 Å². The van der Waals surface area contributed by atoms with Crippen molar-refractivity contribution in [3.63, 3.8) is 0 Å². The van der Waals surface area contributed by atoms with E-state index in [1.165, 1.54) is 6.20 Å². The van der Waals surface area contributed by atoms with Gasteiger partial charge < -0.3 is 19.3 Å². The van der Waals surface area contributed by atoms with E-state index in [-0.39, 0.29) is 5.91 Å². The van der Waals surface area contributed by atoms with Gasteiger partial charge in [-0.25, -0.2) is 4.98 Å². The van der Waals surface area contributed by atoms with Crippen molar-refractivity contribution in [1.29, 1.82) is 0 Å². The molecule has 1 saturated heterocycles. The molecule has 0 atom stereocenters. The minimum Gasteiger partial charge on any atom is -0.497 e. The summed E-state index contributed by atoms with van der Waals surface area (Å²) in [4.78, 5) is 20.6. The lowest BCUT2D eigenvalue weighted by Crippen LogP contribution is -2.48. The summed E-state index contributed by atoms with van der Waals surface area (Å²) in [7, 11) is 3.27. The number of piperazine rings is 1. The molecule has 25 heavy (non-hydrogen) atoms. The van der Waals surface area contributed by atoms with E-state index in [9.17, 15) is 4.79 Å². The van der Waals surface area contributed by atoms with E-state index in [0.717, 1.165) is 30.3 Å². The molecule has 2 aromatic rings. The molecular formula is C18H20ClN3O3. The van der Waals surface area contributed by atoms with E-state index in [2.05, 4.69) is 9.88 Å². The lowest BCUT2D eigenvalue weighted by Gasteiger charge is -2.36. The van der Waals surface area contributed by atoms with E-state index in [1.807, 2.05) is 23.1 Å². The van der Waals surface area contributed by atoms with Gasteiger partial charge in [0.1, 0.15) is 16.7 Å². The average molecular weight is 362 g/mol. The number of pyridine rings is 1. The Kier molecular flexibility index (Phi) is 5.28. The molecule has 6 nitrogen and oxygen atoms in total. The van der Waals surface area contributed by atoms with Crippen LogP contribution in [0.5, 0.6) is 11.5 Å². The Morgan fingerprint density at radius 1 is 1.04 bits per heavy atom. The first-order valence-electron chi connectivity index (χ1n) is 7.99. The lowest BCUT2D eigenvalue weighted by molar-refractivity contribution is 0.0746. The molecule has 1 fully saturated rings. The minimum atomic E-state index is -0.0213. The molecule has 1 aliphatic heterocycles. The number of hydrogen-bond acceptors (Lipinski definition) is 5. The number of halogens is 1. The highest BCUT2D eigenvalue weighted by Gasteiger charge is 2.23. The third-order valence-corrected chi connectivity index (χ3v) is 4.47. The topological polar surface area (TPSA) is 54.9 Å². The third-order valence-electron chi connectivity index (χ3n) is 4.24. The number of carbonyl (C=O) groups excluding carboxylic acids is 1. The molecule has 1 aromatic carbocycles. The van der Waals surface area contributed by atoms with Crippen LogP contribution in [0.4, 0.5) is 5.69 Å². The van der Waals surface area contributed by atoms with Crippen LogP contribution in [0, 0.1) is 0 Å². The summed E-state index contributed by atoms with van der Waals surface area (Å²) >= 11 is 5.78. The van der Waals surface area contributed by atoms with Gasteiger partial charge in [0.05, 0.1) is 19.8 Å². The Bertz CT molecular complexity index is 721. The van der Waals surface area contributed by atoms with Gasteiger partial charge in [-0.1, -0.05) is 11.6 Å². The average Bonchev–Trinajstić information content (AvgIpc) is 2.67. The van der Waals surface area contributed by atoms with Crippen LogP contribution in [0.2, 0.25) is 5.15 Å². The molecule has 0 saturated carbocycles. The fourth-order valence-corrected chi connectivity index (χ4v) is 2.94. The molecule has 2 heterocycles. The van der Waals surface area contributed by atoms with Crippen LogP contribution in [0.1, 0.15) is 10.4 Å². The van der Waals surface area contributed by atoms with Crippen LogP contribution in [0.25, 0.3) is 0 Å². The Morgan fingerprint density at radius 3 is 2.20 bits per heavy atom. The second kappa shape index (κ2) is 7.61. The van der Waals surface area contributed by atoms with Crippen LogP contribution in [-0.2, 0) is 0 Å². The van der Waals surface area contributed by atoms with Crippen molar-refractivity contribution in [2.24, 2.45) is 0 Å². The molecule has 0 bridgehead atoms. The maximum Gasteiger partial charge on any atom is 0.255 e. The molecule has 0 unspecified atom stereocenters. The number of ether oxygens (including phenoxy) is 2. The standard InChI is InChI=1S/C18H20ClN3O3/c1-24-15-9-14(10-16(11-15)25-2)21-5-7-22(8-6-21)18(23)13-3-4-17(19)20-12-13/h3-4,9-12H,5-8H2,1-2H3. The van der Waals surface area contributed by atoms with Gasteiger partial charge in [0, 0.05) is 56.3 Å². The summed E-state index contributed by atoms with van der Waals surface area (Å²) in [6.45, 7) is 2.76. The van der Waals surface area contributed by atoms with Gasteiger partial charge in [-0.15, -0.1) is 0 Å². The number of carbonyl (C=O) groups is 1. The van der Waals surface area contributed by atoms with Gasteiger partial charge in [-0.2, -0.15) is 0 Å². The summed E-state index contributed by atoms with van der Waals surface area (Å²) in [5, 5.41) is 0.383. The highest BCUT2D eigenvalue weighted by molar-refractivity contribution is 6.29. The van der Waals surface area contributed by atoms with Gasteiger partial charge in [0.15, 0.2) is 0 Å². The van der Waals surface area contributed by atoms with E-state index < -0.39 is 0 Å². The number of nitrogens with zero attached hydrogens (tertiary/aromatic N) is 3. The Hall–Kier alpha value is -2.47. The number of rotatable bonds is 4. The summed E-state index contributed by atoms with van der Waals surface area (Å²) in [6.07, 6.45) is 1.52. The fourth-order valence-electron chi connectivity index (χ4n) is 2.83. The van der Waals surface area contributed by atoms with Crippen LogP contribution in [0.3, 0.4) is 0 Å². The Morgan fingerprint density at radius 2 is 1.68 bits per heavy atom. The molecule has 1 aromatic heterocycles. The minimum absolute atomic E-state index is 0.0213. The number of methoxy groups -OCH3 is 2. The fraction of sp³-hybridized carbons (Fsp3) is 0.333. The second-order valence-electron chi connectivity index (χ2n) is 5.72. The number of aromatic nitrogens is 1. The highest BCUT2D eigenvalue weighted by atomic mass is 35.5. The predicted molar refractivity (Wildman–Crippen MR) is 96.9 cm³/mol. The number of benzene rings is 1. The zero-order valence-electron chi connectivity index (χ0n) is 14.2. The number of hydrogen-bond donors (Lipinski definition) is 0. The van der Waals surface area contributed by atoms with Crippen LogP contribution < -0.4 is 14.4 Å². The summed E-state index contributed by atoms with van der Waals surface area (Å²) in [6, 6.07) is 9.13. The number of anilines is 1. The first-order valence-corrected chi connectivity index (χ1v) is 8.37. The van der Waals surface area contributed by atoms with Gasteiger partial charge in [0.2, 0.25) is 0 Å². The summed E-state index contributed by atoms with van der Waals surface area (Å²) < 4.78 is 10.7. The number of amides is 1. The van der Waals surface area contributed by atoms with Crippen molar-refractivity contribution in [3.8, 4) is 11.5 Å². The van der Waals surface area contributed by atoms with E-state index in [1.54, 1.807) is 26.4 Å². The molecule has 7 heteroatoms. The SMILES string of the molecule is COc1cc(OC)cc(N2CCN(C(=O)c3ccc(Cl)nc3)CC2)c1. The second-order valence-corrected chi connectivity index (χ2v) is 6.11. The molecular weight excluding hydrogens is 342 g/mol. The highest BCUT2D eigenvalue weighted by Crippen LogP contribution is 2.29. The van der Waals surface area contributed by atoms with Gasteiger partial charge >= 0.3 is 0 Å². The van der Waals surface area contributed by atoms with Crippen molar-refractivity contribution in [1.82, 2.24) is 9.88 Å². The van der Waals surface area contributed by atoms with Crippen LogP contribution in [0.15, 0.2) is 36.5 Å². The Balaban J connectivity index is 1.67. The lowest BCUT2D eigenvalue weighted by atomic mass is 10.2. The van der Waals surface area contributed by atoms with Gasteiger partial charge in [-0.05, 0) is 12.1 Å². The molecule has 132 valence electrons. The van der Waals surface area contributed by atoms with E-state index >= 15 is 0 Å². The van der Waals surface area contributed by atoms with Crippen molar-refractivity contribution in [2.45, 2.75) is 0 Å². The monoisotopic (exact) mass is 361 g/mol. The van der Waals surface area contributed by atoms with Crippen LogP contribution in [-0.4, -0.2) is 56.2 Å². The smallest absolute Gasteiger partial charge is 0.255 e. The quantitative estimate of drug-likeness (QED) is 0.784. The molecule has 0 radical (unpaired) electrons. The maximum absolute atomic E-state index is 12.5. The van der Waals surface area contributed by atoms with Crippen molar-refractivity contribution < 1.29 is 14.3 Å². The third kappa shape index (κ3) is 3.96. The van der Waals surface area contributed by atoms with Crippen molar-refractivity contribution >= 4 is 23.2 Å². The van der Waals surface area contributed by atoms with Gasteiger partial charge in [-0.3, -0.25) is 4.79 Å². The normalized spacial score (nSPS) is 14.4. The largest absolute Gasteiger partial charge is 0.497 e. The first kappa shape index (κ1) is 17.4. The first-order chi connectivity index (χ1) is 12.1. The predicted octanol–water partition coefficient (Wildman–Crippen LogP) is 2.71. The van der Waals surface area contributed by atoms with Crippen molar-refractivity contribution in [3.05, 3.63) is 47.2 Å². The zero-order valence-corrected chi connectivity index (χ0v) is 15.0. The maximum atomic E-state index is 12.5. The molecule has 1 aliphatic rings. The van der Waals surface area contributed by atoms with Crippen molar-refractivity contribution in [2.75, 3.05) is 45.3 Å². The zero-order chi connectivity index (χ0) is 17.8. The van der Waals surface area contributed by atoms with Crippen LogP contribution >= 0.6 is 11.6 Å². The van der Waals surface area contributed by atoms with E-state index in [0.29, 0.717) is 23.8 Å². The molecule has 1 amide bonds. The molecule has 0 spiro atoms. The molecule has 0 aliphatic carbocycles. The molecule has 3 rings (SSSR count).